The molecule has 0 radical (unpaired) electrons. The van der Waals surface area contributed by atoms with E-state index in [2.05, 4.69) is 31.9 Å². The van der Waals surface area contributed by atoms with Crippen molar-refractivity contribution < 1.29 is 4.79 Å². The molecule has 17 heavy (non-hydrogen) atoms. The van der Waals surface area contributed by atoms with E-state index in [0.717, 1.165) is 28.2 Å². The van der Waals surface area contributed by atoms with E-state index in [1.807, 2.05) is 31.3 Å². The van der Waals surface area contributed by atoms with Crippen molar-refractivity contribution in [1.29, 1.82) is 0 Å². The predicted molar refractivity (Wildman–Crippen MR) is 78.3 cm³/mol. The van der Waals surface area contributed by atoms with Crippen LogP contribution < -0.4 is 0 Å². The average Bonchev–Trinajstić information content (AvgIpc) is 2.29. The van der Waals surface area contributed by atoms with E-state index in [0.29, 0.717) is 13.0 Å². The number of unbranched alkanes of at least 4 members (excludes halogenated alkanes) is 1. The minimum Gasteiger partial charge on any atom is -0.341 e. The third kappa shape index (κ3) is 5.68. The molecule has 1 rings (SSSR count). The Morgan fingerprint density at radius 3 is 2.76 bits per heavy atom. The van der Waals surface area contributed by atoms with E-state index in [1.54, 1.807) is 4.90 Å². The van der Waals surface area contributed by atoms with Crippen LogP contribution in [0.4, 0.5) is 0 Å². The molecule has 0 saturated heterocycles. The van der Waals surface area contributed by atoms with Crippen LogP contribution in [0.5, 0.6) is 0 Å². The summed E-state index contributed by atoms with van der Waals surface area (Å²) in [7, 11) is 1.86. The Hall–Kier alpha value is -0.350. The van der Waals surface area contributed by atoms with Crippen LogP contribution in [0.3, 0.4) is 0 Å². The molecule has 1 amide bonds. The Labute approximate surface area is 120 Å². The molecular weight excluding hydrogens is 346 g/mol. The summed E-state index contributed by atoms with van der Waals surface area (Å²) in [5.74, 6) is 0.214. The van der Waals surface area contributed by atoms with E-state index < -0.39 is 0 Å². The summed E-state index contributed by atoms with van der Waals surface area (Å²) in [4.78, 5) is 13.6. The lowest BCUT2D eigenvalue weighted by atomic mass is 10.2. The first-order valence-electron chi connectivity index (χ1n) is 5.68. The monoisotopic (exact) mass is 361 g/mol. The van der Waals surface area contributed by atoms with Gasteiger partial charge in [0.1, 0.15) is 0 Å². The van der Waals surface area contributed by atoms with Crippen LogP contribution in [0.25, 0.3) is 0 Å². The Morgan fingerprint density at radius 1 is 1.35 bits per heavy atom. The maximum absolute atomic E-state index is 11.8. The summed E-state index contributed by atoms with van der Waals surface area (Å²) in [6.07, 6.45) is 2.64. The standard InChI is InChI=1S/C13H17Br2NO/c1-16(13(17)7-2-3-8-14)10-11-5-4-6-12(15)9-11/h4-6,9H,2-3,7-8,10H2,1H3. The van der Waals surface area contributed by atoms with Crippen LogP contribution in [-0.4, -0.2) is 23.2 Å². The fraction of sp³-hybridized carbons (Fsp3) is 0.462. The molecule has 0 saturated carbocycles. The van der Waals surface area contributed by atoms with Crippen LogP contribution in [0.15, 0.2) is 28.7 Å². The lowest BCUT2D eigenvalue weighted by Gasteiger charge is -2.17. The maximum atomic E-state index is 11.8. The Balaban J connectivity index is 2.43. The number of alkyl halides is 1. The molecule has 1 aromatic rings. The Kier molecular flexibility index (Phi) is 6.82. The number of hydrogen-bond donors (Lipinski definition) is 0. The van der Waals surface area contributed by atoms with Gasteiger partial charge in [0.15, 0.2) is 0 Å². The Morgan fingerprint density at radius 2 is 2.12 bits per heavy atom. The molecule has 94 valence electrons. The normalized spacial score (nSPS) is 10.3. The molecule has 0 aromatic heterocycles. The van der Waals surface area contributed by atoms with Crippen LogP contribution in [0.2, 0.25) is 0 Å². The van der Waals surface area contributed by atoms with E-state index in [1.165, 1.54) is 0 Å². The van der Waals surface area contributed by atoms with Gasteiger partial charge in [0.25, 0.3) is 0 Å². The van der Waals surface area contributed by atoms with E-state index in [9.17, 15) is 4.79 Å². The third-order valence-electron chi connectivity index (χ3n) is 2.51. The highest BCUT2D eigenvalue weighted by atomic mass is 79.9. The second-order valence-electron chi connectivity index (χ2n) is 4.03. The molecule has 0 atom stereocenters. The zero-order chi connectivity index (χ0) is 12.7. The lowest BCUT2D eigenvalue weighted by molar-refractivity contribution is -0.130. The maximum Gasteiger partial charge on any atom is 0.222 e. The quantitative estimate of drug-likeness (QED) is 0.553. The van der Waals surface area contributed by atoms with Gasteiger partial charge in [-0.15, -0.1) is 0 Å². The van der Waals surface area contributed by atoms with Gasteiger partial charge < -0.3 is 4.90 Å². The number of halogens is 2. The molecular formula is C13H17Br2NO. The molecule has 0 heterocycles. The second kappa shape index (κ2) is 7.88. The van der Waals surface area contributed by atoms with Crippen LogP contribution in [0.1, 0.15) is 24.8 Å². The predicted octanol–water partition coefficient (Wildman–Crippen LogP) is 3.97. The van der Waals surface area contributed by atoms with Crippen molar-refractivity contribution in [2.24, 2.45) is 0 Å². The van der Waals surface area contributed by atoms with Crippen molar-refractivity contribution in [2.75, 3.05) is 12.4 Å². The highest BCUT2D eigenvalue weighted by Crippen LogP contribution is 2.13. The third-order valence-corrected chi connectivity index (χ3v) is 3.56. The van der Waals surface area contributed by atoms with Crippen molar-refractivity contribution in [3.63, 3.8) is 0 Å². The van der Waals surface area contributed by atoms with Gasteiger partial charge in [-0.25, -0.2) is 0 Å². The number of nitrogens with zero attached hydrogens (tertiary/aromatic N) is 1. The molecule has 0 bridgehead atoms. The number of benzene rings is 1. The first-order chi connectivity index (χ1) is 8.13. The van der Waals surface area contributed by atoms with Crippen molar-refractivity contribution >= 4 is 37.8 Å². The van der Waals surface area contributed by atoms with Gasteiger partial charge in [-0.05, 0) is 30.5 Å². The minimum atomic E-state index is 0.214. The molecule has 4 heteroatoms. The first kappa shape index (κ1) is 14.7. The minimum absolute atomic E-state index is 0.214. The van der Waals surface area contributed by atoms with Crippen LogP contribution >= 0.6 is 31.9 Å². The van der Waals surface area contributed by atoms with Gasteiger partial charge in [-0.2, -0.15) is 0 Å². The smallest absolute Gasteiger partial charge is 0.222 e. The summed E-state index contributed by atoms with van der Waals surface area (Å²) in [6.45, 7) is 0.673. The molecule has 0 spiro atoms. The van der Waals surface area contributed by atoms with Crippen molar-refractivity contribution in [3.8, 4) is 0 Å². The molecule has 0 N–H and O–H groups in total. The Bertz CT molecular complexity index is 368. The van der Waals surface area contributed by atoms with Gasteiger partial charge in [-0.1, -0.05) is 44.0 Å². The highest BCUT2D eigenvalue weighted by Gasteiger charge is 2.08. The first-order valence-corrected chi connectivity index (χ1v) is 7.59. The van der Waals surface area contributed by atoms with E-state index in [-0.39, 0.29) is 5.91 Å². The number of carbonyl (C=O) groups excluding carboxylic acids is 1. The zero-order valence-corrected chi connectivity index (χ0v) is 13.1. The molecule has 0 fully saturated rings. The van der Waals surface area contributed by atoms with E-state index in [4.69, 9.17) is 0 Å². The fourth-order valence-corrected chi connectivity index (χ4v) is 2.40. The largest absolute Gasteiger partial charge is 0.341 e. The SMILES string of the molecule is CN(Cc1cccc(Br)c1)C(=O)CCCCBr. The highest BCUT2D eigenvalue weighted by molar-refractivity contribution is 9.10. The van der Waals surface area contributed by atoms with Crippen molar-refractivity contribution in [3.05, 3.63) is 34.3 Å². The summed E-state index contributed by atoms with van der Waals surface area (Å²) in [5, 5.41) is 0.968. The summed E-state index contributed by atoms with van der Waals surface area (Å²) in [5.41, 5.74) is 1.15. The summed E-state index contributed by atoms with van der Waals surface area (Å²) >= 11 is 6.80. The lowest BCUT2D eigenvalue weighted by Crippen LogP contribution is -2.25. The van der Waals surface area contributed by atoms with Crippen molar-refractivity contribution in [2.45, 2.75) is 25.8 Å². The van der Waals surface area contributed by atoms with Gasteiger partial charge in [0.05, 0.1) is 0 Å². The van der Waals surface area contributed by atoms with Crippen LogP contribution in [-0.2, 0) is 11.3 Å². The molecule has 0 aliphatic rings. The number of carbonyl (C=O) groups is 1. The molecule has 2 nitrogen and oxygen atoms in total. The summed E-state index contributed by atoms with van der Waals surface area (Å²) in [6, 6.07) is 8.05. The number of hydrogen-bond acceptors (Lipinski definition) is 1. The van der Waals surface area contributed by atoms with E-state index >= 15 is 0 Å². The van der Waals surface area contributed by atoms with Crippen molar-refractivity contribution in [1.82, 2.24) is 4.90 Å². The van der Waals surface area contributed by atoms with Gasteiger partial charge >= 0.3 is 0 Å². The second-order valence-corrected chi connectivity index (χ2v) is 5.73. The zero-order valence-electron chi connectivity index (χ0n) is 9.96. The number of amides is 1. The van der Waals surface area contributed by atoms with Gasteiger partial charge in [-0.3, -0.25) is 4.79 Å². The summed E-state index contributed by atoms with van der Waals surface area (Å²) < 4.78 is 1.05. The topological polar surface area (TPSA) is 20.3 Å². The van der Waals surface area contributed by atoms with Gasteiger partial charge in [0.2, 0.25) is 5.91 Å². The average molecular weight is 363 g/mol. The molecule has 0 aliphatic carbocycles. The van der Waals surface area contributed by atoms with Crippen LogP contribution in [0, 0.1) is 0 Å². The molecule has 0 unspecified atom stereocenters. The number of rotatable bonds is 6. The fourth-order valence-electron chi connectivity index (χ4n) is 1.56. The van der Waals surface area contributed by atoms with Gasteiger partial charge in [0, 0.05) is 29.8 Å². The molecule has 1 aromatic carbocycles. The molecule has 0 aliphatic heterocycles.